The van der Waals surface area contributed by atoms with E-state index >= 15 is 0 Å². The number of nitrogens with two attached hydrogens (primary N) is 1. The van der Waals surface area contributed by atoms with Crippen LogP contribution in [0.4, 0.5) is 0 Å². The van der Waals surface area contributed by atoms with E-state index < -0.39 is 0 Å². The third kappa shape index (κ3) is 2.42. The molecule has 106 valence electrons. The highest BCUT2D eigenvalue weighted by Crippen LogP contribution is 2.35. The van der Waals surface area contributed by atoms with E-state index in [9.17, 15) is 0 Å². The molecular formula is C16H22N4. The van der Waals surface area contributed by atoms with Gasteiger partial charge in [-0.2, -0.15) is 0 Å². The number of guanidine groups is 1. The minimum absolute atomic E-state index is 0.277. The highest BCUT2D eigenvalue weighted by atomic mass is 15.3. The Balaban J connectivity index is 1.89. The van der Waals surface area contributed by atoms with Crippen LogP contribution in [-0.2, 0) is 6.42 Å². The van der Waals surface area contributed by atoms with Gasteiger partial charge in [-0.15, -0.1) is 0 Å². The van der Waals surface area contributed by atoms with Crippen LogP contribution < -0.4 is 11.1 Å². The zero-order valence-corrected chi connectivity index (χ0v) is 12.2. The number of aryl methyl sites for hydroxylation is 2. The van der Waals surface area contributed by atoms with E-state index in [0.29, 0.717) is 5.96 Å². The molecule has 1 saturated carbocycles. The maximum atomic E-state index is 5.97. The van der Waals surface area contributed by atoms with Crippen LogP contribution in [0, 0.1) is 13.8 Å². The molecule has 1 aliphatic carbocycles. The first-order valence-electron chi connectivity index (χ1n) is 7.34. The molecule has 1 spiro atoms. The van der Waals surface area contributed by atoms with Crippen LogP contribution in [-0.4, -0.2) is 17.5 Å². The van der Waals surface area contributed by atoms with E-state index in [-0.39, 0.29) is 5.66 Å². The van der Waals surface area contributed by atoms with Gasteiger partial charge in [0.25, 0.3) is 0 Å². The van der Waals surface area contributed by atoms with Crippen molar-refractivity contribution < 1.29 is 0 Å². The molecule has 1 aromatic carbocycles. The van der Waals surface area contributed by atoms with Crippen LogP contribution in [0.3, 0.4) is 0 Å². The molecule has 1 heterocycles. The maximum absolute atomic E-state index is 5.97. The molecule has 20 heavy (non-hydrogen) atoms. The third-order valence-electron chi connectivity index (χ3n) is 4.34. The molecule has 0 radical (unpaired) electrons. The molecule has 1 aliphatic heterocycles. The van der Waals surface area contributed by atoms with Gasteiger partial charge in [-0.1, -0.05) is 18.2 Å². The van der Waals surface area contributed by atoms with Crippen molar-refractivity contribution >= 4 is 11.8 Å². The van der Waals surface area contributed by atoms with Crippen molar-refractivity contribution in [2.24, 2.45) is 15.7 Å². The van der Waals surface area contributed by atoms with Crippen molar-refractivity contribution in [2.45, 2.75) is 51.6 Å². The zero-order valence-electron chi connectivity index (χ0n) is 12.2. The molecule has 0 unspecified atom stereocenters. The van der Waals surface area contributed by atoms with Gasteiger partial charge in [0.2, 0.25) is 0 Å². The molecule has 0 atom stereocenters. The summed E-state index contributed by atoms with van der Waals surface area (Å²) in [5.41, 5.74) is 9.63. The fourth-order valence-electron chi connectivity index (χ4n) is 3.25. The van der Waals surface area contributed by atoms with Crippen molar-refractivity contribution in [3.63, 3.8) is 0 Å². The molecule has 1 aromatic rings. The number of aliphatic imine (C=N–C) groups is 2. The van der Waals surface area contributed by atoms with Crippen molar-refractivity contribution in [2.75, 3.05) is 0 Å². The predicted molar refractivity (Wildman–Crippen MR) is 83.0 cm³/mol. The summed E-state index contributed by atoms with van der Waals surface area (Å²) in [5, 5.41) is 3.15. The Kier molecular flexibility index (Phi) is 3.24. The average molecular weight is 270 g/mol. The molecule has 4 nitrogen and oxygen atoms in total. The van der Waals surface area contributed by atoms with Gasteiger partial charge in [0.15, 0.2) is 11.6 Å². The van der Waals surface area contributed by atoms with E-state index in [0.717, 1.165) is 25.1 Å². The lowest BCUT2D eigenvalue weighted by molar-refractivity contribution is 0.456. The highest BCUT2D eigenvalue weighted by Gasteiger charge is 2.36. The molecule has 0 bridgehead atoms. The van der Waals surface area contributed by atoms with Gasteiger partial charge in [0.05, 0.1) is 0 Å². The number of rotatable bonds is 2. The molecule has 0 saturated heterocycles. The Morgan fingerprint density at radius 2 is 1.80 bits per heavy atom. The number of amidine groups is 1. The minimum atomic E-state index is -0.277. The fourth-order valence-corrected chi connectivity index (χ4v) is 3.25. The van der Waals surface area contributed by atoms with E-state index in [4.69, 9.17) is 10.7 Å². The Labute approximate surface area is 120 Å². The van der Waals surface area contributed by atoms with Crippen LogP contribution in [0.2, 0.25) is 0 Å². The van der Waals surface area contributed by atoms with E-state index in [1.54, 1.807) is 0 Å². The van der Waals surface area contributed by atoms with Gasteiger partial charge in [0.1, 0.15) is 5.84 Å². The van der Waals surface area contributed by atoms with Crippen LogP contribution in [0.5, 0.6) is 0 Å². The summed E-state index contributed by atoms with van der Waals surface area (Å²) in [4.78, 5) is 9.42. The van der Waals surface area contributed by atoms with E-state index in [2.05, 4.69) is 42.4 Å². The number of benzene rings is 1. The lowest BCUT2D eigenvalue weighted by atomic mass is 9.99. The smallest absolute Gasteiger partial charge is 0.196 e. The summed E-state index contributed by atoms with van der Waals surface area (Å²) in [6.45, 7) is 4.29. The summed E-state index contributed by atoms with van der Waals surface area (Å²) in [6, 6.07) is 6.39. The quantitative estimate of drug-likeness (QED) is 0.867. The second-order valence-electron chi connectivity index (χ2n) is 5.92. The first kappa shape index (κ1) is 13.2. The minimum Gasteiger partial charge on any atom is -0.370 e. The number of hydrogen-bond acceptors (Lipinski definition) is 4. The van der Waals surface area contributed by atoms with Crippen molar-refractivity contribution in [1.29, 1.82) is 0 Å². The van der Waals surface area contributed by atoms with Crippen LogP contribution in [0.15, 0.2) is 28.2 Å². The average Bonchev–Trinajstić information content (AvgIpc) is 2.81. The summed E-state index contributed by atoms with van der Waals surface area (Å²) in [5.74, 6) is 1.47. The second kappa shape index (κ2) is 4.93. The molecule has 0 amide bonds. The topological polar surface area (TPSA) is 62.8 Å². The van der Waals surface area contributed by atoms with Gasteiger partial charge >= 0.3 is 0 Å². The summed E-state index contributed by atoms with van der Waals surface area (Å²) >= 11 is 0. The third-order valence-corrected chi connectivity index (χ3v) is 4.34. The van der Waals surface area contributed by atoms with Gasteiger partial charge in [-0.3, -0.25) is 0 Å². The summed E-state index contributed by atoms with van der Waals surface area (Å²) in [6.07, 6.45) is 5.22. The molecule has 0 aromatic heterocycles. The molecule has 2 aliphatic rings. The summed E-state index contributed by atoms with van der Waals surface area (Å²) in [7, 11) is 0. The van der Waals surface area contributed by atoms with Gasteiger partial charge in [-0.05, 0) is 56.2 Å². The highest BCUT2D eigenvalue weighted by molar-refractivity contribution is 6.01. The second-order valence-corrected chi connectivity index (χ2v) is 5.92. The van der Waals surface area contributed by atoms with E-state index in [1.165, 1.54) is 29.5 Å². The van der Waals surface area contributed by atoms with E-state index in [1.807, 2.05) is 0 Å². The number of nitrogens with zero attached hydrogens (tertiary/aromatic N) is 2. The Morgan fingerprint density at radius 3 is 2.45 bits per heavy atom. The standard InChI is InChI=1S/C16H22N4/c1-11-6-5-7-12(2)13(11)10-14-18-15(17)20-16(19-14)8-3-4-9-16/h5-7H,3-4,8-10H2,1-2H3,(H3,17,18,19,20). The predicted octanol–water partition coefficient (Wildman–Crippen LogP) is 2.43. The SMILES string of the molecule is Cc1cccc(C)c1CC1=NC2(CCCC2)N=C(N)N1. The summed E-state index contributed by atoms with van der Waals surface area (Å²) < 4.78 is 0. The molecular weight excluding hydrogens is 248 g/mol. The van der Waals surface area contributed by atoms with Crippen LogP contribution >= 0.6 is 0 Å². The fraction of sp³-hybridized carbons (Fsp3) is 0.500. The van der Waals surface area contributed by atoms with Crippen molar-refractivity contribution in [3.8, 4) is 0 Å². The van der Waals surface area contributed by atoms with Crippen molar-refractivity contribution in [3.05, 3.63) is 34.9 Å². The Hall–Kier alpha value is -1.84. The Morgan fingerprint density at radius 1 is 1.15 bits per heavy atom. The molecule has 4 heteroatoms. The van der Waals surface area contributed by atoms with Crippen molar-refractivity contribution in [1.82, 2.24) is 5.32 Å². The Bertz CT molecular complexity index is 560. The first-order valence-corrected chi connectivity index (χ1v) is 7.34. The normalized spacial score (nSPS) is 20.5. The van der Waals surface area contributed by atoms with Gasteiger partial charge in [0, 0.05) is 6.42 Å². The van der Waals surface area contributed by atoms with Crippen LogP contribution in [0.25, 0.3) is 0 Å². The van der Waals surface area contributed by atoms with Gasteiger partial charge in [-0.25, -0.2) is 9.98 Å². The monoisotopic (exact) mass is 270 g/mol. The lowest BCUT2D eigenvalue weighted by Crippen LogP contribution is -2.46. The zero-order chi connectivity index (χ0) is 14.2. The first-order chi connectivity index (χ1) is 9.58. The van der Waals surface area contributed by atoms with Gasteiger partial charge < -0.3 is 11.1 Å². The molecule has 1 fully saturated rings. The molecule has 3 N–H and O–H groups in total. The molecule has 3 rings (SSSR count). The maximum Gasteiger partial charge on any atom is 0.196 e. The largest absolute Gasteiger partial charge is 0.370 e. The number of hydrogen-bond donors (Lipinski definition) is 2. The number of nitrogens with one attached hydrogen (secondary N) is 1. The van der Waals surface area contributed by atoms with Crippen LogP contribution in [0.1, 0.15) is 42.4 Å². The lowest BCUT2D eigenvalue weighted by Gasteiger charge is -2.27.